The molecule has 178 valence electrons. The fraction of sp³-hybridized carbons (Fsp3) is 0.148. The van der Waals surface area contributed by atoms with Gasteiger partial charge in [0.15, 0.2) is 5.65 Å². The van der Waals surface area contributed by atoms with Crippen LogP contribution in [0.1, 0.15) is 22.3 Å². The Bertz CT molecular complexity index is 1640. The summed E-state index contributed by atoms with van der Waals surface area (Å²) in [5.41, 5.74) is 5.73. The number of carbonyl (C=O) groups is 1. The molecule has 1 amide bonds. The monoisotopic (exact) mass is 477 g/mol. The fourth-order valence-corrected chi connectivity index (χ4v) is 4.41. The molecule has 36 heavy (non-hydrogen) atoms. The highest BCUT2D eigenvalue weighted by Crippen LogP contribution is 2.25. The van der Waals surface area contributed by atoms with Gasteiger partial charge in [0.1, 0.15) is 12.1 Å². The van der Waals surface area contributed by atoms with E-state index in [0.29, 0.717) is 37.5 Å². The van der Waals surface area contributed by atoms with Gasteiger partial charge in [0, 0.05) is 30.7 Å². The highest BCUT2D eigenvalue weighted by molar-refractivity contribution is 5.99. The molecule has 6 rings (SSSR count). The van der Waals surface area contributed by atoms with Crippen LogP contribution in [-0.2, 0) is 30.8 Å². The molecule has 9 heteroatoms. The maximum absolute atomic E-state index is 11.9. The van der Waals surface area contributed by atoms with Crippen molar-refractivity contribution in [3.63, 3.8) is 0 Å². The van der Waals surface area contributed by atoms with Crippen LogP contribution in [0.15, 0.2) is 84.2 Å². The summed E-state index contributed by atoms with van der Waals surface area (Å²) in [7, 11) is 0. The van der Waals surface area contributed by atoms with Crippen LogP contribution in [-0.4, -0.2) is 30.2 Å². The van der Waals surface area contributed by atoms with Crippen molar-refractivity contribution in [2.45, 2.75) is 26.1 Å². The van der Waals surface area contributed by atoms with Gasteiger partial charge in [-0.15, -0.1) is 0 Å². The summed E-state index contributed by atoms with van der Waals surface area (Å²) >= 11 is 0. The van der Waals surface area contributed by atoms with Crippen molar-refractivity contribution >= 4 is 28.4 Å². The molecule has 3 aromatic heterocycles. The Morgan fingerprint density at radius 2 is 1.72 bits per heavy atom. The highest BCUT2D eigenvalue weighted by Gasteiger charge is 2.17. The molecule has 0 aliphatic carbocycles. The molecule has 4 heterocycles. The van der Waals surface area contributed by atoms with Crippen LogP contribution in [0.3, 0.4) is 0 Å². The number of nitrogens with zero attached hydrogens (tertiary/aromatic N) is 5. The summed E-state index contributed by atoms with van der Waals surface area (Å²) in [5, 5.41) is 11.7. The molecular weight excluding hydrogens is 454 g/mol. The van der Waals surface area contributed by atoms with Gasteiger partial charge in [0.25, 0.3) is 5.56 Å². The molecule has 0 bridgehead atoms. The molecule has 1 aliphatic heterocycles. The molecule has 0 saturated heterocycles. The molecule has 2 N–H and O–H groups in total. The van der Waals surface area contributed by atoms with Crippen molar-refractivity contribution in [2.75, 3.05) is 10.6 Å². The van der Waals surface area contributed by atoms with Gasteiger partial charge >= 0.3 is 0 Å². The molecule has 0 saturated carbocycles. The lowest BCUT2D eigenvalue weighted by Crippen LogP contribution is -2.18. The van der Waals surface area contributed by atoms with Crippen LogP contribution in [0.25, 0.3) is 11.0 Å². The smallest absolute Gasteiger partial charge is 0.250 e. The minimum Gasteiger partial charge on any atom is -0.365 e. The van der Waals surface area contributed by atoms with Crippen molar-refractivity contribution in [2.24, 2.45) is 0 Å². The van der Waals surface area contributed by atoms with Crippen molar-refractivity contribution in [3.05, 3.63) is 112 Å². The Balaban J connectivity index is 1.15. The molecule has 5 aromatic rings. The average molecular weight is 478 g/mol. The first kappa shape index (κ1) is 21.7. The first-order valence-corrected chi connectivity index (χ1v) is 11.7. The van der Waals surface area contributed by atoms with Crippen LogP contribution < -0.4 is 16.2 Å². The van der Waals surface area contributed by atoms with Gasteiger partial charge in [-0.3, -0.25) is 14.3 Å². The van der Waals surface area contributed by atoms with E-state index in [4.69, 9.17) is 0 Å². The number of pyridine rings is 1. The molecule has 0 radical (unpaired) electrons. The lowest BCUT2D eigenvalue weighted by molar-refractivity contribution is -0.115. The van der Waals surface area contributed by atoms with Gasteiger partial charge in [0.05, 0.1) is 24.9 Å². The van der Waals surface area contributed by atoms with E-state index >= 15 is 0 Å². The molecule has 2 aromatic carbocycles. The average Bonchev–Trinajstić information content (AvgIpc) is 3.47. The highest BCUT2D eigenvalue weighted by atomic mass is 16.1. The topological polar surface area (TPSA) is 107 Å². The first-order chi connectivity index (χ1) is 17.6. The van der Waals surface area contributed by atoms with Crippen LogP contribution in [0, 0.1) is 0 Å². The normalized spacial score (nSPS) is 12.5. The van der Waals surface area contributed by atoms with Crippen LogP contribution in [0.2, 0.25) is 0 Å². The number of aromatic nitrogens is 5. The number of fused-ring (bicyclic) bond motifs is 2. The third-order valence-electron chi connectivity index (χ3n) is 6.24. The van der Waals surface area contributed by atoms with E-state index in [2.05, 4.69) is 25.7 Å². The van der Waals surface area contributed by atoms with E-state index in [1.54, 1.807) is 22.9 Å². The minimum absolute atomic E-state index is 0.0152. The van der Waals surface area contributed by atoms with E-state index in [9.17, 15) is 9.59 Å². The van der Waals surface area contributed by atoms with Gasteiger partial charge in [-0.2, -0.15) is 5.10 Å². The van der Waals surface area contributed by atoms with Crippen molar-refractivity contribution in [1.82, 2.24) is 24.3 Å². The SMILES string of the molecule is O=C1Cc2cc(CNc3ncnc4nn(Cc5ccc(Cn6ccccc6=O)cc5)cc34)ccc2N1. The summed E-state index contributed by atoms with van der Waals surface area (Å²) in [4.78, 5) is 32.3. The summed E-state index contributed by atoms with van der Waals surface area (Å²) in [6, 6.07) is 19.3. The third kappa shape index (κ3) is 4.46. The first-order valence-electron chi connectivity index (χ1n) is 11.7. The van der Waals surface area contributed by atoms with E-state index in [0.717, 1.165) is 33.3 Å². The summed E-state index contributed by atoms with van der Waals surface area (Å²) in [6.07, 6.45) is 5.66. The maximum atomic E-state index is 11.9. The Morgan fingerprint density at radius 3 is 2.56 bits per heavy atom. The summed E-state index contributed by atoms with van der Waals surface area (Å²) in [5.74, 6) is 0.742. The summed E-state index contributed by atoms with van der Waals surface area (Å²) < 4.78 is 3.54. The minimum atomic E-state index is -0.0152. The predicted molar refractivity (Wildman–Crippen MR) is 137 cm³/mol. The van der Waals surface area contributed by atoms with Crippen molar-refractivity contribution in [1.29, 1.82) is 0 Å². The molecule has 1 aliphatic rings. The molecule has 0 spiro atoms. The quantitative estimate of drug-likeness (QED) is 0.373. The predicted octanol–water partition coefficient (Wildman–Crippen LogP) is 3.19. The van der Waals surface area contributed by atoms with E-state index in [-0.39, 0.29) is 11.5 Å². The largest absolute Gasteiger partial charge is 0.365 e. The Hall–Kier alpha value is -4.79. The van der Waals surface area contributed by atoms with Gasteiger partial charge in [0.2, 0.25) is 5.91 Å². The van der Waals surface area contributed by atoms with Crippen molar-refractivity contribution < 1.29 is 4.79 Å². The molecular formula is C27H23N7O2. The number of benzene rings is 2. The Labute approximate surface area is 206 Å². The Kier molecular flexibility index (Phi) is 5.49. The number of rotatable bonds is 7. The zero-order valence-electron chi connectivity index (χ0n) is 19.4. The molecule has 0 unspecified atom stereocenters. The van der Waals surface area contributed by atoms with Gasteiger partial charge in [-0.1, -0.05) is 42.5 Å². The molecule has 9 nitrogen and oxygen atoms in total. The van der Waals surface area contributed by atoms with Gasteiger partial charge in [-0.05, 0) is 34.4 Å². The lowest BCUT2D eigenvalue weighted by Gasteiger charge is -2.08. The second-order valence-corrected chi connectivity index (χ2v) is 8.84. The summed E-state index contributed by atoms with van der Waals surface area (Å²) in [6.45, 7) is 1.70. The zero-order chi connectivity index (χ0) is 24.5. The molecule has 0 fully saturated rings. The second kappa shape index (κ2) is 9.10. The van der Waals surface area contributed by atoms with E-state index < -0.39 is 0 Å². The number of amides is 1. The van der Waals surface area contributed by atoms with Crippen molar-refractivity contribution in [3.8, 4) is 0 Å². The van der Waals surface area contributed by atoms with Gasteiger partial charge < -0.3 is 15.2 Å². The second-order valence-electron chi connectivity index (χ2n) is 8.84. The third-order valence-corrected chi connectivity index (χ3v) is 6.24. The van der Waals surface area contributed by atoms with Gasteiger partial charge in [-0.25, -0.2) is 9.97 Å². The van der Waals surface area contributed by atoms with Crippen LogP contribution in [0.5, 0.6) is 0 Å². The maximum Gasteiger partial charge on any atom is 0.250 e. The molecule has 0 atom stereocenters. The number of anilines is 2. The Morgan fingerprint density at radius 1 is 0.917 bits per heavy atom. The zero-order valence-corrected chi connectivity index (χ0v) is 19.4. The van der Waals surface area contributed by atoms with Crippen LogP contribution in [0.4, 0.5) is 11.5 Å². The number of hydrogen-bond donors (Lipinski definition) is 2. The number of hydrogen-bond acceptors (Lipinski definition) is 6. The van der Waals surface area contributed by atoms with E-state index in [1.807, 2.05) is 59.4 Å². The number of nitrogens with one attached hydrogen (secondary N) is 2. The standard InChI is InChI=1S/C27H23N7O2/c35-24-12-21-11-20(8-9-23(21)31-24)13-28-26-22-16-34(32-27(22)30-17-29-26)15-19-6-4-18(5-7-19)14-33-10-2-1-3-25(33)36/h1-11,16-17H,12-15H2,(H,31,35)(H,28,29,30,32). The van der Waals surface area contributed by atoms with Crippen LogP contribution >= 0.6 is 0 Å². The lowest BCUT2D eigenvalue weighted by atomic mass is 10.1. The van der Waals surface area contributed by atoms with E-state index in [1.165, 1.54) is 6.33 Å². The number of carbonyl (C=O) groups excluding carboxylic acids is 1. The fourth-order valence-electron chi connectivity index (χ4n) is 4.41.